The van der Waals surface area contributed by atoms with Crippen molar-refractivity contribution in [3.05, 3.63) is 114 Å². The van der Waals surface area contributed by atoms with E-state index in [1.165, 1.54) is 0 Å². The third-order valence-corrected chi connectivity index (χ3v) is 5.80. The molecule has 0 unspecified atom stereocenters. The fourth-order valence-electron chi connectivity index (χ4n) is 3.98. The lowest BCUT2D eigenvalue weighted by Gasteiger charge is -2.19. The zero-order valence-electron chi connectivity index (χ0n) is 17.7. The van der Waals surface area contributed by atoms with E-state index in [4.69, 9.17) is 4.98 Å². The normalized spacial score (nSPS) is 13.2. The van der Waals surface area contributed by atoms with Crippen LogP contribution in [0.1, 0.15) is 45.8 Å². The standard InChI is InChI=1S/C27H24N4O/c32-27(31-24-10-11-24)21-6-1-5-19(15-21)26-20(7-4-14-30-26)16-25(22-8-2-12-28-17-22)23-9-3-13-29-18-23/h1-9,12-15,17-18,24-25H,10-11,16H2,(H,31,32). The summed E-state index contributed by atoms with van der Waals surface area (Å²) in [6, 6.07) is 20.3. The minimum atomic E-state index is -0.0181. The molecule has 0 bridgehead atoms. The number of rotatable bonds is 7. The highest BCUT2D eigenvalue weighted by molar-refractivity contribution is 5.95. The molecule has 0 saturated heterocycles. The number of aromatic nitrogens is 3. The first kappa shape index (κ1) is 20.1. The van der Waals surface area contributed by atoms with Crippen molar-refractivity contribution < 1.29 is 4.79 Å². The molecule has 1 aliphatic carbocycles. The summed E-state index contributed by atoms with van der Waals surface area (Å²) in [6.07, 6.45) is 12.1. The number of nitrogens with zero attached hydrogens (tertiary/aromatic N) is 3. The Morgan fingerprint density at radius 3 is 2.28 bits per heavy atom. The molecule has 3 aromatic heterocycles. The zero-order chi connectivity index (χ0) is 21.8. The topological polar surface area (TPSA) is 67.8 Å². The van der Waals surface area contributed by atoms with Crippen LogP contribution >= 0.6 is 0 Å². The van der Waals surface area contributed by atoms with E-state index in [1.54, 1.807) is 18.6 Å². The van der Waals surface area contributed by atoms with Crippen LogP contribution in [-0.2, 0) is 6.42 Å². The molecule has 5 rings (SSSR count). The average molecular weight is 421 g/mol. The Morgan fingerprint density at radius 2 is 1.62 bits per heavy atom. The molecule has 1 aromatic carbocycles. The second kappa shape index (κ2) is 9.10. The van der Waals surface area contributed by atoms with Gasteiger partial charge in [-0.05, 0) is 66.3 Å². The number of amides is 1. The average Bonchev–Trinajstić information content (AvgIpc) is 3.68. The summed E-state index contributed by atoms with van der Waals surface area (Å²) in [4.78, 5) is 25.9. The molecule has 0 radical (unpaired) electrons. The summed E-state index contributed by atoms with van der Waals surface area (Å²) in [7, 11) is 0. The van der Waals surface area contributed by atoms with Crippen LogP contribution in [0.15, 0.2) is 91.6 Å². The molecule has 5 nitrogen and oxygen atoms in total. The molecule has 1 aliphatic rings. The van der Waals surface area contributed by atoms with Gasteiger partial charge in [0.15, 0.2) is 0 Å². The maximum Gasteiger partial charge on any atom is 0.251 e. The van der Waals surface area contributed by atoms with Crippen molar-refractivity contribution in [2.75, 3.05) is 0 Å². The number of pyridine rings is 3. The van der Waals surface area contributed by atoms with E-state index in [1.807, 2.05) is 54.9 Å². The minimum Gasteiger partial charge on any atom is -0.349 e. The van der Waals surface area contributed by atoms with Crippen LogP contribution in [0.3, 0.4) is 0 Å². The summed E-state index contributed by atoms with van der Waals surface area (Å²) < 4.78 is 0. The van der Waals surface area contributed by atoms with Gasteiger partial charge in [0.25, 0.3) is 5.91 Å². The molecule has 1 saturated carbocycles. The predicted molar refractivity (Wildman–Crippen MR) is 124 cm³/mol. The number of carbonyl (C=O) groups is 1. The summed E-state index contributed by atoms with van der Waals surface area (Å²) >= 11 is 0. The number of hydrogen-bond acceptors (Lipinski definition) is 4. The first-order valence-corrected chi connectivity index (χ1v) is 10.9. The summed E-state index contributed by atoms with van der Waals surface area (Å²) in [6.45, 7) is 0. The second-order valence-electron chi connectivity index (χ2n) is 8.17. The summed E-state index contributed by atoms with van der Waals surface area (Å²) in [5.41, 5.74) is 5.89. The number of benzene rings is 1. The smallest absolute Gasteiger partial charge is 0.251 e. The molecule has 32 heavy (non-hydrogen) atoms. The molecule has 1 amide bonds. The highest BCUT2D eigenvalue weighted by Crippen LogP contribution is 2.31. The molecule has 0 atom stereocenters. The maximum absolute atomic E-state index is 12.6. The van der Waals surface area contributed by atoms with Crippen LogP contribution < -0.4 is 5.32 Å². The zero-order valence-corrected chi connectivity index (χ0v) is 17.7. The Kier molecular flexibility index (Phi) is 5.71. The van der Waals surface area contributed by atoms with Crippen molar-refractivity contribution in [1.29, 1.82) is 0 Å². The van der Waals surface area contributed by atoms with E-state index in [0.29, 0.717) is 11.6 Å². The molecule has 3 heterocycles. The van der Waals surface area contributed by atoms with Gasteiger partial charge in [-0.3, -0.25) is 19.7 Å². The largest absolute Gasteiger partial charge is 0.349 e. The Hall–Kier alpha value is -3.86. The molecular formula is C27H24N4O. The SMILES string of the molecule is O=C(NC1CC1)c1cccc(-c2ncccc2CC(c2cccnc2)c2cccnc2)c1. The Morgan fingerprint density at radius 1 is 0.906 bits per heavy atom. The fourth-order valence-corrected chi connectivity index (χ4v) is 3.98. The minimum absolute atomic E-state index is 0.0181. The van der Waals surface area contributed by atoms with Gasteiger partial charge in [-0.25, -0.2) is 0 Å². The second-order valence-corrected chi connectivity index (χ2v) is 8.17. The lowest BCUT2D eigenvalue weighted by Crippen LogP contribution is -2.25. The first-order chi connectivity index (χ1) is 15.8. The lowest BCUT2D eigenvalue weighted by atomic mass is 9.86. The highest BCUT2D eigenvalue weighted by Gasteiger charge is 2.24. The van der Waals surface area contributed by atoms with Crippen LogP contribution in [-0.4, -0.2) is 26.9 Å². The van der Waals surface area contributed by atoms with Gasteiger partial charge >= 0.3 is 0 Å². The van der Waals surface area contributed by atoms with E-state index in [9.17, 15) is 4.79 Å². The van der Waals surface area contributed by atoms with E-state index in [0.717, 1.165) is 47.2 Å². The fraction of sp³-hybridized carbons (Fsp3) is 0.185. The van der Waals surface area contributed by atoms with Gasteiger partial charge in [-0.15, -0.1) is 0 Å². The van der Waals surface area contributed by atoms with Gasteiger partial charge in [-0.2, -0.15) is 0 Å². The Balaban J connectivity index is 1.49. The van der Waals surface area contributed by atoms with E-state index in [2.05, 4.69) is 33.5 Å². The predicted octanol–water partition coefficient (Wildman–Crippen LogP) is 4.81. The summed E-state index contributed by atoms with van der Waals surface area (Å²) in [5, 5.41) is 3.07. The van der Waals surface area contributed by atoms with Crippen LogP contribution in [0.4, 0.5) is 0 Å². The van der Waals surface area contributed by atoms with Gasteiger partial charge in [0.2, 0.25) is 0 Å². The molecule has 0 spiro atoms. The van der Waals surface area contributed by atoms with Crippen molar-refractivity contribution in [2.45, 2.75) is 31.2 Å². The number of carbonyl (C=O) groups excluding carboxylic acids is 1. The van der Waals surface area contributed by atoms with Gasteiger partial charge in [0.1, 0.15) is 0 Å². The van der Waals surface area contributed by atoms with Gasteiger partial charge in [0.05, 0.1) is 5.69 Å². The highest BCUT2D eigenvalue weighted by atomic mass is 16.1. The van der Waals surface area contributed by atoms with Crippen molar-refractivity contribution in [2.24, 2.45) is 0 Å². The molecule has 1 fully saturated rings. The maximum atomic E-state index is 12.6. The molecule has 1 N–H and O–H groups in total. The Bertz CT molecular complexity index is 1170. The van der Waals surface area contributed by atoms with Gasteiger partial charge < -0.3 is 5.32 Å². The van der Waals surface area contributed by atoms with Gasteiger partial charge in [-0.1, -0.05) is 30.3 Å². The van der Waals surface area contributed by atoms with Crippen molar-refractivity contribution in [1.82, 2.24) is 20.3 Å². The molecule has 4 aromatic rings. The molecular weight excluding hydrogens is 396 g/mol. The lowest BCUT2D eigenvalue weighted by molar-refractivity contribution is 0.0951. The van der Waals surface area contributed by atoms with Crippen molar-refractivity contribution >= 4 is 5.91 Å². The first-order valence-electron chi connectivity index (χ1n) is 10.9. The quantitative estimate of drug-likeness (QED) is 0.466. The molecule has 158 valence electrons. The number of hydrogen-bond donors (Lipinski definition) is 1. The summed E-state index contributed by atoms with van der Waals surface area (Å²) in [5.74, 6) is 0.0807. The van der Waals surface area contributed by atoms with Crippen LogP contribution in [0, 0.1) is 0 Å². The third-order valence-electron chi connectivity index (χ3n) is 5.80. The van der Waals surface area contributed by atoms with Crippen molar-refractivity contribution in [3.63, 3.8) is 0 Å². The van der Waals surface area contributed by atoms with Crippen LogP contribution in [0.2, 0.25) is 0 Å². The Labute approximate surface area is 187 Å². The molecule has 0 aliphatic heterocycles. The third kappa shape index (κ3) is 4.57. The van der Waals surface area contributed by atoms with E-state index < -0.39 is 0 Å². The van der Waals surface area contributed by atoms with Crippen LogP contribution in [0.25, 0.3) is 11.3 Å². The van der Waals surface area contributed by atoms with Crippen LogP contribution in [0.5, 0.6) is 0 Å². The van der Waals surface area contributed by atoms with E-state index >= 15 is 0 Å². The van der Waals surface area contributed by atoms with E-state index in [-0.39, 0.29) is 11.8 Å². The number of nitrogens with one attached hydrogen (secondary N) is 1. The molecule has 5 heteroatoms. The van der Waals surface area contributed by atoms with Crippen molar-refractivity contribution in [3.8, 4) is 11.3 Å². The monoisotopic (exact) mass is 420 g/mol. The van der Waals surface area contributed by atoms with Gasteiger partial charge in [0, 0.05) is 54.1 Å².